The van der Waals surface area contributed by atoms with Crippen molar-refractivity contribution >= 4 is 29.2 Å². The van der Waals surface area contributed by atoms with E-state index in [2.05, 4.69) is 5.32 Å². The molecule has 5 heteroatoms. The van der Waals surface area contributed by atoms with Crippen molar-refractivity contribution < 1.29 is 14.3 Å². The highest BCUT2D eigenvalue weighted by molar-refractivity contribution is 6.30. The van der Waals surface area contributed by atoms with E-state index in [1.807, 2.05) is 6.92 Å². The maximum atomic E-state index is 11.4. The molecule has 1 aromatic rings. The predicted molar refractivity (Wildman–Crippen MR) is 66.1 cm³/mol. The van der Waals surface area contributed by atoms with Gasteiger partial charge in [0.15, 0.2) is 6.61 Å². The van der Waals surface area contributed by atoms with E-state index in [1.54, 1.807) is 25.1 Å². The fourth-order valence-electron chi connectivity index (χ4n) is 1.20. The van der Waals surface area contributed by atoms with E-state index in [0.717, 1.165) is 5.56 Å². The molecule has 0 bridgehead atoms. The number of hydrogen-bond acceptors (Lipinski definition) is 3. The van der Waals surface area contributed by atoms with Crippen LogP contribution in [0.5, 0.6) is 0 Å². The Kier molecular flexibility index (Phi) is 4.97. The van der Waals surface area contributed by atoms with E-state index >= 15 is 0 Å². The number of amides is 1. The summed E-state index contributed by atoms with van der Waals surface area (Å²) in [7, 11) is 0. The molecule has 17 heavy (non-hydrogen) atoms. The topological polar surface area (TPSA) is 55.4 Å². The van der Waals surface area contributed by atoms with Crippen LogP contribution in [0.4, 0.5) is 5.69 Å². The van der Waals surface area contributed by atoms with Gasteiger partial charge in [-0.2, -0.15) is 0 Å². The number of hydrogen-bond donors (Lipinski definition) is 1. The van der Waals surface area contributed by atoms with Crippen molar-refractivity contribution in [2.45, 2.75) is 20.3 Å². The Morgan fingerprint density at radius 1 is 1.41 bits per heavy atom. The van der Waals surface area contributed by atoms with Gasteiger partial charge < -0.3 is 10.1 Å². The summed E-state index contributed by atoms with van der Waals surface area (Å²) in [4.78, 5) is 22.3. The Morgan fingerprint density at radius 2 is 2.12 bits per heavy atom. The van der Waals surface area contributed by atoms with Gasteiger partial charge in [-0.1, -0.05) is 18.5 Å². The van der Waals surface area contributed by atoms with E-state index < -0.39 is 5.97 Å². The van der Waals surface area contributed by atoms with E-state index in [0.29, 0.717) is 10.7 Å². The number of halogens is 1. The predicted octanol–water partition coefficient (Wildman–Crippen LogP) is 2.54. The highest BCUT2D eigenvalue weighted by Gasteiger charge is 2.07. The van der Waals surface area contributed by atoms with Gasteiger partial charge in [0.2, 0.25) is 0 Å². The Balaban J connectivity index is 2.53. The largest absolute Gasteiger partial charge is 0.456 e. The van der Waals surface area contributed by atoms with Crippen LogP contribution in [0, 0.1) is 6.92 Å². The molecule has 0 heterocycles. The minimum absolute atomic E-state index is 0.257. The molecule has 0 saturated carbocycles. The molecular weight excluding hydrogens is 242 g/mol. The van der Waals surface area contributed by atoms with Crippen LogP contribution in [0.2, 0.25) is 5.02 Å². The molecule has 1 aromatic carbocycles. The van der Waals surface area contributed by atoms with Crippen LogP contribution in [0.25, 0.3) is 0 Å². The van der Waals surface area contributed by atoms with Gasteiger partial charge in [-0.25, -0.2) is 0 Å². The number of aryl methyl sites for hydroxylation is 1. The number of anilines is 1. The zero-order chi connectivity index (χ0) is 12.8. The summed E-state index contributed by atoms with van der Waals surface area (Å²) in [6.07, 6.45) is 0.257. The lowest BCUT2D eigenvalue weighted by Gasteiger charge is -2.08. The molecule has 0 aromatic heterocycles. The quantitative estimate of drug-likeness (QED) is 0.842. The first-order valence-corrected chi connectivity index (χ1v) is 5.62. The summed E-state index contributed by atoms with van der Waals surface area (Å²) < 4.78 is 4.71. The van der Waals surface area contributed by atoms with Crippen LogP contribution < -0.4 is 5.32 Å². The first-order chi connectivity index (χ1) is 8.02. The van der Waals surface area contributed by atoms with Gasteiger partial charge in [-0.3, -0.25) is 9.59 Å². The summed E-state index contributed by atoms with van der Waals surface area (Å²) in [5, 5.41) is 3.25. The number of carbonyl (C=O) groups excluding carboxylic acids is 2. The van der Waals surface area contributed by atoms with Crippen molar-refractivity contribution in [1.82, 2.24) is 0 Å². The van der Waals surface area contributed by atoms with Gasteiger partial charge in [0.25, 0.3) is 5.91 Å². The van der Waals surface area contributed by atoms with E-state index in [-0.39, 0.29) is 18.9 Å². The summed E-state index contributed by atoms with van der Waals surface area (Å²) in [5.41, 5.74) is 1.51. The average molecular weight is 256 g/mol. The third-order valence-corrected chi connectivity index (χ3v) is 2.35. The Bertz CT molecular complexity index is 432. The summed E-state index contributed by atoms with van der Waals surface area (Å²) in [6, 6.07) is 5.13. The molecule has 0 saturated heterocycles. The third kappa shape index (κ3) is 4.44. The fraction of sp³-hybridized carbons (Fsp3) is 0.333. The zero-order valence-corrected chi connectivity index (χ0v) is 10.5. The van der Waals surface area contributed by atoms with Gasteiger partial charge in [0.1, 0.15) is 0 Å². The van der Waals surface area contributed by atoms with E-state index in [1.165, 1.54) is 0 Å². The number of benzene rings is 1. The number of nitrogens with one attached hydrogen (secondary N) is 1. The highest BCUT2D eigenvalue weighted by atomic mass is 35.5. The molecule has 0 aliphatic heterocycles. The standard InChI is InChI=1S/C12H14ClNO3/c1-3-12(16)17-7-11(15)14-10-5-4-9(13)6-8(10)2/h4-6H,3,7H2,1-2H3,(H,14,15). The number of esters is 1. The smallest absolute Gasteiger partial charge is 0.306 e. The van der Waals surface area contributed by atoms with Crippen molar-refractivity contribution in [2.24, 2.45) is 0 Å². The van der Waals surface area contributed by atoms with Crippen molar-refractivity contribution in [1.29, 1.82) is 0 Å². The molecular formula is C12H14ClNO3. The van der Waals surface area contributed by atoms with Gasteiger partial charge in [-0.15, -0.1) is 0 Å². The maximum absolute atomic E-state index is 11.4. The van der Waals surface area contributed by atoms with Gasteiger partial charge in [0.05, 0.1) is 0 Å². The van der Waals surface area contributed by atoms with Crippen LogP contribution in [0.1, 0.15) is 18.9 Å². The first kappa shape index (κ1) is 13.5. The number of rotatable bonds is 4. The van der Waals surface area contributed by atoms with Crippen LogP contribution in [-0.2, 0) is 14.3 Å². The Labute approximate surface area is 105 Å². The minimum Gasteiger partial charge on any atom is -0.456 e. The van der Waals surface area contributed by atoms with Crippen molar-refractivity contribution in [3.63, 3.8) is 0 Å². The second-order valence-corrected chi connectivity index (χ2v) is 3.96. The normalized spacial score (nSPS) is 9.82. The van der Waals surface area contributed by atoms with E-state index in [9.17, 15) is 9.59 Å². The molecule has 92 valence electrons. The summed E-state index contributed by atoms with van der Waals surface area (Å²) in [6.45, 7) is 3.23. The van der Waals surface area contributed by atoms with Gasteiger partial charge in [-0.05, 0) is 30.7 Å². The number of carbonyl (C=O) groups is 2. The Morgan fingerprint density at radius 3 is 2.71 bits per heavy atom. The van der Waals surface area contributed by atoms with Crippen LogP contribution in [-0.4, -0.2) is 18.5 Å². The van der Waals surface area contributed by atoms with Crippen molar-refractivity contribution in [3.8, 4) is 0 Å². The fourth-order valence-corrected chi connectivity index (χ4v) is 1.43. The molecule has 0 aliphatic carbocycles. The lowest BCUT2D eigenvalue weighted by Crippen LogP contribution is -2.20. The van der Waals surface area contributed by atoms with Crippen LogP contribution >= 0.6 is 11.6 Å². The van der Waals surface area contributed by atoms with Gasteiger partial charge >= 0.3 is 5.97 Å². The second-order valence-electron chi connectivity index (χ2n) is 3.52. The second kappa shape index (κ2) is 6.25. The molecule has 0 radical (unpaired) electrons. The maximum Gasteiger partial charge on any atom is 0.306 e. The van der Waals surface area contributed by atoms with Crippen LogP contribution in [0.3, 0.4) is 0 Å². The molecule has 1 amide bonds. The SMILES string of the molecule is CCC(=O)OCC(=O)Nc1ccc(Cl)cc1C. The third-order valence-electron chi connectivity index (χ3n) is 2.12. The average Bonchev–Trinajstić information content (AvgIpc) is 2.29. The molecule has 0 fully saturated rings. The summed E-state index contributed by atoms with van der Waals surface area (Å²) >= 11 is 5.79. The minimum atomic E-state index is -0.395. The molecule has 0 spiro atoms. The molecule has 1 N–H and O–H groups in total. The number of ether oxygens (including phenoxy) is 1. The van der Waals surface area contributed by atoms with Crippen molar-refractivity contribution in [2.75, 3.05) is 11.9 Å². The highest BCUT2D eigenvalue weighted by Crippen LogP contribution is 2.19. The molecule has 0 aliphatic rings. The molecule has 1 rings (SSSR count). The van der Waals surface area contributed by atoms with Crippen LogP contribution in [0.15, 0.2) is 18.2 Å². The van der Waals surface area contributed by atoms with Gasteiger partial charge in [0, 0.05) is 17.1 Å². The lowest BCUT2D eigenvalue weighted by molar-refractivity contribution is -0.146. The molecule has 0 unspecified atom stereocenters. The first-order valence-electron chi connectivity index (χ1n) is 5.24. The zero-order valence-electron chi connectivity index (χ0n) is 9.75. The monoisotopic (exact) mass is 255 g/mol. The molecule has 4 nitrogen and oxygen atoms in total. The van der Waals surface area contributed by atoms with Crippen molar-refractivity contribution in [3.05, 3.63) is 28.8 Å². The van der Waals surface area contributed by atoms with E-state index in [4.69, 9.17) is 16.3 Å². The molecule has 0 atom stereocenters. The summed E-state index contributed by atoms with van der Waals surface area (Å²) in [5.74, 6) is -0.759. The Hall–Kier alpha value is -1.55. The lowest BCUT2D eigenvalue weighted by atomic mass is 10.2.